The van der Waals surface area contributed by atoms with Crippen LogP contribution >= 0.6 is 24.8 Å². The molecule has 1 saturated heterocycles. The summed E-state index contributed by atoms with van der Waals surface area (Å²) in [6, 6.07) is 16.6. The number of piperazine rings is 1. The minimum atomic E-state index is 0. The first-order valence-corrected chi connectivity index (χ1v) is 9.14. The molecule has 2 aromatic carbocycles. The molecule has 26 heavy (non-hydrogen) atoms. The summed E-state index contributed by atoms with van der Waals surface area (Å²) < 4.78 is 0. The Kier molecular flexibility index (Phi) is 7.63. The lowest BCUT2D eigenvalue weighted by Crippen LogP contribution is -2.46. The molecule has 0 spiro atoms. The van der Waals surface area contributed by atoms with Gasteiger partial charge in [0.25, 0.3) is 0 Å². The van der Waals surface area contributed by atoms with Gasteiger partial charge in [-0.2, -0.15) is 0 Å². The van der Waals surface area contributed by atoms with Crippen LogP contribution in [0.15, 0.2) is 48.5 Å². The number of aryl methyl sites for hydroxylation is 1. The normalized spacial score (nSPS) is 19.4. The van der Waals surface area contributed by atoms with Gasteiger partial charge in [-0.25, -0.2) is 0 Å². The zero-order chi connectivity index (χ0) is 16.4. The number of nitrogens with zero attached hydrogens (tertiary/aromatic N) is 2. The molecule has 2 aliphatic rings. The van der Waals surface area contributed by atoms with Crippen molar-refractivity contribution in [2.24, 2.45) is 0 Å². The van der Waals surface area contributed by atoms with Crippen LogP contribution in [-0.2, 0) is 6.42 Å². The largest absolute Gasteiger partial charge is 0.508 e. The Labute approximate surface area is 168 Å². The summed E-state index contributed by atoms with van der Waals surface area (Å²) in [4.78, 5) is 5.03. The average Bonchev–Trinajstić information content (AvgIpc) is 3.04. The quantitative estimate of drug-likeness (QED) is 0.827. The molecule has 1 fully saturated rings. The summed E-state index contributed by atoms with van der Waals surface area (Å²) in [5.74, 6) is 1.10. The van der Waals surface area contributed by atoms with E-state index in [0.717, 1.165) is 32.1 Å². The second kappa shape index (κ2) is 9.50. The van der Waals surface area contributed by atoms with Gasteiger partial charge in [-0.15, -0.1) is 24.8 Å². The van der Waals surface area contributed by atoms with Gasteiger partial charge in [-0.1, -0.05) is 24.3 Å². The summed E-state index contributed by atoms with van der Waals surface area (Å²) in [6.45, 7) is 5.63. The zero-order valence-electron chi connectivity index (χ0n) is 15.0. The second-order valence-corrected chi connectivity index (χ2v) is 7.07. The summed E-state index contributed by atoms with van der Waals surface area (Å²) in [7, 11) is 0. The summed E-state index contributed by atoms with van der Waals surface area (Å²) in [6.07, 6.45) is 3.87. The van der Waals surface area contributed by atoms with Crippen LogP contribution < -0.4 is 4.90 Å². The molecule has 0 aromatic heterocycles. The zero-order valence-corrected chi connectivity index (χ0v) is 16.6. The summed E-state index contributed by atoms with van der Waals surface area (Å²) in [5.41, 5.74) is 4.39. The fraction of sp³-hybridized carbons (Fsp3) is 0.429. The molecule has 1 aliphatic heterocycles. The molecule has 0 bridgehead atoms. The third kappa shape index (κ3) is 4.64. The second-order valence-electron chi connectivity index (χ2n) is 7.07. The topological polar surface area (TPSA) is 26.7 Å². The highest BCUT2D eigenvalue weighted by atomic mass is 35.5. The number of halogens is 2. The molecule has 2 aromatic rings. The van der Waals surface area contributed by atoms with Gasteiger partial charge in [0.05, 0.1) is 0 Å². The number of anilines is 1. The van der Waals surface area contributed by atoms with Crippen LogP contribution in [0.1, 0.15) is 29.9 Å². The van der Waals surface area contributed by atoms with Gasteiger partial charge in [0.1, 0.15) is 5.75 Å². The van der Waals surface area contributed by atoms with E-state index in [-0.39, 0.29) is 24.8 Å². The molecular formula is C21H28Cl2N2O. The Morgan fingerprint density at radius 3 is 2.31 bits per heavy atom. The maximum atomic E-state index is 9.41. The fourth-order valence-corrected chi connectivity index (χ4v) is 4.18. The van der Waals surface area contributed by atoms with E-state index >= 15 is 0 Å². The highest BCUT2D eigenvalue weighted by Crippen LogP contribution is 2.35. The molecule has 0 saturated carbocycles. The number of hydrogen-bond acceptors (Lipinski definition) is 3. The van der Waals surface area contributed by atoms with E-state index in [0.29, 0.717) is 5.75 Å². The number of phenols is 1. The number of aromatic hydroxyl groups is 1. The number of rotatable bonds is 4. The van der Waals surface area contributed by atoms with Crippen LogP contribution in [-0.4, -0.2) is 42.7 Å². The molecule has 1 N–H and O–H groups in total. The van der Waals surface area contributed by atoms with Gasteiger partial charge in [0, 0.05) is 31.9 Å². The minimum Gasteiger partial charge on any atom is -0.508 e. The highest BCUT2D eigenvalue weighted by Gasteiger charge is 2.23. The Hall–Kier alpha value is -1.42. The number of fused-ring (bicyclic) bond motifs is 1. The molecule has 0 radical (unpaired) electrons. The van der Waals surface area contributed by atoms with Crippen molar-refractivity contribution < 1.29 is 5.11 Å². The molecule has 3 nitrogen and oxygen atoms in total. The van der Waals surface area contributed by atoms with Crippen LogP contribution in [0.5, 0.6) is 5.75 Å². The van der Waals surface area contributed by atoms with Crippen molar-refractivity contribution in [3.8, 4) is 5.75 Å². The molecular weight excluding hydrogens is 367 g/mol. The third-order valence-electron chi connectivity index (χ3n) is 5.64. The van der Waals surface area contributed by atoms with E-state index in [1.54, 1.807) is 23.3 Å². The standard InChI is InChI=1S/C21H26N2O.2ClH/c24-20-9-7-19(8-10-20)23-15-13-22(14-16-23)12-11-18-6-5-17-3-1-2-4-21(17)18;;/h1-4,7-10,18,24H,5-6,11-16H2;2*1H. The van der Waals surface area contributed by atoms with Crippen LogP contribution in [0, 0.1) is 0 Å². The van der Waals surface area contributed by atoms with Gasteiger partial charge < -0.3 is 10.0 Å². The first-order chi connectivity index (χ1) is 11.8. The average molecular weight is 395 g/mol. The minimum absolute atomic E-state index is 0. The number of benzene rings is 2. The summed E-state index contributed by atoms with van der Waals surface area (Å²) >= 11 is 0. The van der Waals surface area contributed by atoms with Gasteiger partial charge in [0.15, 0.2) is 0 Å². The van der Waals surface area contributed by atoms with Crippen LogP contribution in [0.25, 0.3) is 0 Å². The van der Waals surface area contributed by atoms with Crippen molar-refractivity contribution in [1.82, 2.24) is 4.90 Å². The number of phenolic OH excluding ortho intramolecular Hbond substituents is 1. The predicted octanol–water partition coefficient (Wildman–Crippen LogP) is 4.48. The van der Waals surface area contributed by atoms with Crippen LogP contribution in [0.3, 0.4) is 0 Å². The van der Waals surface area contributed by atoms with Gasteiger partial charge in [0.2, 0.25) is 0 Å². The van der Waals surface area contributed by atoms with Crippen molar-refractivity contribution >= 4 is 30.5 Å². The molecule has 4 rings (SSSR count). The molecule has 0 amide bonds. The van der Waals surface area contributed by atoms with Gasteiger partial charge in [-0.3, -0.25) is 4.90 Å². The van der Waals surface area contributed by atoms with E-state index in [1.165, 1.54) is 31.5 Å². The van der Waals surface area contributed by atoms with E-state index in [4.69, 9.17) is 0 Å². The van der Waals surface area contributed by atoms with E-state index in [1.807, 2.05) is 12.1 Å². The SMILES string of the molecule is Cl.Cl.Oc1ccc(N2CCN(CCC3CCc4ccccc43)CC2)cc1. The first kappa shape index (κ1) is 20.9. The van der Waals surface area contributed by atoms with Crippen LogP contribution in [0.2, 0.25) is 0 Å². The lowest BCUT2D eigenvalue weighted by atomic mass is 9.97. The van der Waals surface area contributed by atoms with E-state index in [9.17, 15) is 5.11 Å². The Balaban J connectivity index is 0.00000121. The Morgan fingerprint density at radius 2 is 1.58 bits per heavy atom. The lowest BCUT2D eigenvalue weighted by Gasteiger charge is -2.36. The van der Waals surface area contributed by atoms with E-state index < -0.39 is 0 Å². The first-order valence-electron chi connectivity index (χ1n) is 9.14. The molecule has 142 valence electrons. The summed E-state index contributed by atoms with van der Waals surface area (Å²) in [5, 5.41) is 9.41. The smallest absolute Gasteiger partial charge is 0.115 e. The maximum absolute atomic E-state index is 9.41. The lowest BCUT2D eigenvalue weighted by molar-refractivity contribution is 0.248. The molecule has 1 heterocycles. The highest BCUT2D eigenvalue weighted by molar-refractivity contribution is 5.85. The van der Waals surface area contributed by atoms with Gasteiger partial charge in [-0.05, 0) is 67.1 Å². The molecule has 1 atom stereocenters. The van der Waals surface area contributed by atoms with Crippen molar-refractivity contribution in [3.05, 3.63) is 59.7 Å². The van der Waals surface area contributed by atoms with Crippen molar-refractivity contribution in [2.75, 3.05) is 37.6 Å². The van der Waals surface area contributed by atoms with Crippen molar-refractivity contribution in [2.45, 2.75) is 25.2 Å². The fourth-order valence-electron chi connectivity index (χ4n) is 4.18. The molecule has 1 unspecified atom stereocenters. The van der Waals surface area contributed by atoms with Crippen molar-refractivity contribution in [1.29, 1.82) is 0 Å². The van der Waals surface area contributed by atoms with Gasteiger partial charge >= 0.3 is 0 Å². The number of hydrogen-bond donors (Lipinski definition) is 1. The Morgan fingerprint density at radius 1 is 0.885 bits per heavy atom. The Bertz CT molecular complexity index is 685. The maximum Gasteiger partial charge on any atom is 0.115 e. The predicted molar refractivity (Wildman–Crippen MR) is 113 cm³/mol. The molecule has 5 heteroatoms. The third-order valence-corrected chi connectivity index (χ3v) is 5.64. The van der Waals surface area contributed by atoms with Crippen molar-refractivity contribution in [3.63, 3.8) is 0 Å². The van der Waals surface area contributed by atoms with E-state index in [2.05, 4.69) is 34.1 Å². The van der Waals surface area contributed by atoms with Crippen LogP contribution in [0.4, 0.5) is 5.69 Å². The monoisotopic (exact) mass is 394 g/mol. The molecule has 1 aliphatic carbocycles.